The molecule has 0 fully saturated rings. The van der Waals surface area contributed by atoms with Crippen LogP contribution in [-0.2, 0) is 4.79 Å². The Morgan fingerprint density at radius 2 is 2.27 bits per heavy atom. The molecule has 1 atom stereocenters. The molecule has 76 valence electrons. The van der Waals surface area contributed by atoms with E-state index in [1.54, 1.807) is 0 Å². The van der Waals surface area contributed by atoms with E-state index in [1.807, 2.05) is 24.3 Å². The maximum Gasteiger partial charge on any atom is 0.232 e. The number of rotatable bonds is 3. The first-order chi connectivity index (χ1) is 7.33. The van der Waals surface area contributed by atoms with Crippen molar-refractivity contribution in [3.05, 3.63) is 40.3 Å². The highest BCUT2D eigenvalue weighted by Gasteiger charge is 2.28. The third kappa shape index (κ3) is 1.78. The van der Waals surface area contributed by atoms with Crippen LogP contribution < -0.4 is 5.32 Å². The predicted octanol–water partition coefficient (Wildman–Crippen LogP) is 2.42. The minimum atomic E-state index is -0.174. The van der Waals surface area contributed by atoms with Crippen molar-refractivity contribution in [2.45, 2.75) is 12.3 Å². The number of amides is 1. The number of nitrogens with one attached hydrogen (secondary N) is 1. The average molecular weight is 202 g/mol. The molecule has 1 heterocycles. The number of fused-ring (bicyclic) bond motifs is 1. The smallest absolute Gasteiger partial charge is 0.232 e. The summed E-state index contributed by atoms with van der Waals surface area (Å²) in [4.78, 5) is 14.3. The summed E-state index contributed by atoms with van der Waals surface area (Å²) in [5.74, 6) is -0.184. The first kappa shape index (κ1) is 9.55. The van der Waals surface area contributed by atoms with Crippen molar-refractivity contribution in [3.8, 4) is 0 Å². The molecule has 0 aliphatic carbocycles. The number of carbonyl (C=O) groups is 1. The van der Waals surface area contributed by atoms with Crippen LogP contribution in [0.2, 0.25) is 0 Å². The second-order valence-electron chi connectivity index (χ2n) is 3.37. The summed E-state index contributed by atoms with van der Waals surface area (Å²) in [5, 5.41) is 6.24. The summed E-state index contributed by atoms with van der Waals surface area (Å²) in [5.41, 5.74) is 10.0. The molecule has 1 amide bonds. The van der Waals surface area contributed by atoms with Crippen LogP contribution in [0.1, 0.15) is 17.9 Å². The van der Waals surface area contributed by atoms with Gasteiger partial charge in [0.05, 0.1) is 5.92 Å². The van der Waals surface area contributed by atoms with Crippen molar-refractivity contribution in [2.75, 3.05) is 11.9 Å². The van der Waals surface area contributed by atoms with Gasteiger partial charge in [0.1, 0.15) is 0 Å². The highest BCUT2D eigenvalue weighted by Crippen LogP contribution is 2.34. The van der Waals surface area contributed by atoms with Crippen LogP contribution in [0, 0.1) is 0 Å². The minimum Gasteiger partial charge on any atom is -0.325 e. The molecule has 1 aliphatic rings. The summed E-state index contributed by atoms with van der Waals surface area (Å²) in [6.07, 6.45) is 0.562. The second kappa shape index (κ2) is 4.02. The first-order valence-corrected chi connectivity index (χ1v) is 4.73. The van der Waals surface area contributed by atoms with E-state index >= 15 is 0 Å². The Bertz CT molecular complexity index is 437. The van der Waals surface area contributed by atoms with E-state index in [-0.39, 0.29) is 11.8 Å². The van der Waals surface area contributed by atoms with Crippen molar-refractivity contribution >= 4 is 11.6 Å². The second-order valence-corrected chi connectivity index (χ2v) is 3.37. The molecule has 0 bridgehead atoms. The van der Waals surface area contributed by atoms with E-state index in [2.05, 4.69) is 15.3 Å². The number of hydrogen-bond acceptors (Lipinski definition) is 2. The first-order valence-electron chi connectivity index (χ1n) is 4.73. The van der Waals surface area contributed by atoms with Gasteiger partial charge in [0.2, 0.25) is 5.91 Å². The number of carbonyl (C=O) groups excluding carboxylic acids is 1. The molecule has 0 saturated carbocycles. The van der Waals surface area contributed by atoms with Crippen molar-refractivity contribution in [3.63, 3.8) is 0 Å². The maximum atomic E-state index is 11.6. The number of nitrogens with zero attached hydrogens (tertiary/aromatic N) is 3. The molecular formula is C10H10N4O. The number of hydrogen-bond donors (Lipinski definition) is 1. The third-order valence-corrected chi connectivity index (χ3v) is 2.49. The van der Waals surface area contributed by atoms with E-state index in [1.165, 1.54) is 0 Å². The van der Waals surface area contributed by atoms with Crippen molar-refractivity contribution < 1.29 is 4.79 Å². The monoisotopic (exact) mass is 202 g/mol. The summed E-state index contributed by atoms with van der Waals surface area (Å²) in [6.45, 7) is 0.350. The van der Waals surface area contributed by atoms with Gasteiger partial charge in [-0.15, -0.1) is 0 Å². The minimum absolute atomic E-state index is 0.00987. The molecule has 1 aromatic rings. The van der Waals surface area contributed by atoms with Gasteiger partial charge in [0, 0.05) is 17.1 Å². The molecule has 1 unspecified atom stereocenters. The fourth-order valence-electron chi connectivity index (χ4n) is 1.79. The maximum absolute atomic E-state index is 11.6. The summed E-state index contributed by atoms with van der Waals surface area (Å²) in [7, 11) is 0. The Hall–Kier alpha value is -2.00. The molecule has 0 spiro atoms. The van der Waals surface area contributed by atoms with E-state index in [0.717, 1.165) is 11.3 Å². The van der Waals surface area contributed by atoms with Crippen molar-refractivity contribution in [1.29, 1.82) is 0 Å². The molecule has 15 heavy (non-hydrogen) atoms. The van der Waals surface area contributed by atoms with Crippen LogP contribution in [0.5, 0.6) is 0 Å². The van der Waals surface area contributed by atoms with E-state index < -0.39 is 0 Å². The molecular weight excluding hydrogens is 192 g/mol. The Kier molecular flexibility index (Phi) is 2.56. The molecule has 0 aromatic heterocycles. The lowest BCUT2D eigenvalue weighted by Gasteiger charge is -2.05. The zero-order valence-corrected chi connectivity index (χ0v) is 8.05. The largest absolute Gasteiger partial charge is 0.325 e. The summed E-state index contributed by atoms with van der Waals surface area (Å²) in [6, 6.07) is 7.59. The fourth-order valence-corrected chi connectivity index (χ4v) is 1.79. The van der Waals surface area contributed by atoms with Crippen molar-refractivity contribution in [1.82, 2.24) is 0 Å². The molecule has 1 aliphatic heterocycles. The van der Waals surface area contributed by atoms with Gasteiger partial charge in [-0.05, 0) is 23.6 Å². The Morgan fingerprint density at radius 3 is 3.07 bits per heavy atom. The Balaban J connectivity index is 2.18. The highest BCUT2D eigenvalue weighted by molar-refractivity contribution is 6.02. The van der Waals surface area contributed by atoms with Crippen LogP contribution in [-0.4, -0.2) is 12.5 Å². The van der Waals surface area contributed by atoms with Gasteiger partial charge in [-0.1, -0.05) is 23.3 Å². The lowest BCUT2D eigenvalue weighted by molar-refractivity contribution is -0.117. The third-order valence-electron chi connectivity index (χ3n) is 2.49. The van der Waals surface area contributed by atoms with E-state index in [9.17, 15) is 4.79 Å². The summed E-state index contributed by atoms with van der Waals surface area (Å²) < 4.78 is 0. The lowest BCUT2D eigenvalue weighted by atomic mass is 9.97. The van der Waals surface area contributed by atoms with Gasteiger partial charge in [0.25, 0.3) is 0 Å². The van der Waals surface area contributed by atoms with E-state index in [4.69, 9.17) is 5.53 Å². The van der Waals surface area contributed by atoms with Crippen LogP contribution in [0.4, 0.5) is 5.69 Å². The number of azide groups is 1. The molecule has 1 N–H and O–H groups in total. The van der Waals surface area contributed by atoms with E-state index in [0.29, 0.717) is 13.0 Å². The average Bonchev–Trinajstić information content (AvgIpc) is 2.56. The standard InChI is InChI=1S/C10H10N4O/c11-14-12-6-5-8-7-3-1-2-4-9(7)13-10(8)15/h1-4,8H,5-6H2,(H,13,15). The van der Waals surface area contributed by atoms with Gasteiger partial charge < -0.3 is 5.32 Å². The van der Waals surface area contributed by atoms with Crippen LogP contribution in [0.15, 0.2) is 29.4 Å². The van der Waals surface area contributed by atoms with Gasteiger partial charge in [-0.3, -0.25) is 4.79 Å². The molecule has 0 radical (unpaired) electrons. The zero-order valence-electron chi connectivity index (χ0n) is 8.05. The lowest BCUT2D eigenvalue weighted by Crippen LogP contribution is -2.12. The zero-order chi connectivity index (χ0) is 10.7. The number of benzene rings is 1. The Labute approximate surface area is 86.7 Å². The normalized spacial score (nSPS) is 17.9. The van der Waals surface area contributed by atoms with Gasteiger partial charge in [0.15, 0.2) is 0 Å². The summed E-state index contributed by atoms with van der Waals surface area (Å²) >= 11 is 0. The SMILES string of the molecule is [N-]=[N+]=NCCC1C(=O)Nc2ccccc21. The molecule has 1 aromatic carbocycles. The fraction of sp³-hybridized carbons (Fsp3) is 0.300. The van der Waals surface area contributed by atoms with Gasteiger partial charge in [-0.2, -0.15) is 0 Å². The quantitative estimate of drug-likeness (QED) is 0.456. The Morgan fingerprint density at radius 1 is 1.47 bits per heavy atom. The molecule has 5 nitrogen and oxygen atoms in total. The molecule has 0 saturated heterocycles. The number of anilines is 1. The van der Waals surface area contributed by atoms with Crippen LogP contribution in [0.3, 0.4) is 0 Å². The van der Waals surface area contributed by atoms with Crippen LogP contribution >= 0.6 is 0 Å². The van der Waals surface area contributed by atoms with Gasteiger partial charge >= 0.3 is 0 Å². The predicted molar refractivity (Wildman–Crippen MR) is 56.4 cm³/mol. The van der Waals surface area contributed by atoms with Gasteiger partial charge in [-0.25, -0.2) is 0 Å². The van der Waals surface area contributed by atoms with Crippen molar-refractivity contribution in [2.24, 2.45) is 5.11 Å². The number of para-hydroxylation sites is 1. The topological polar surface area (TPSA) is 77.9 Å². The van der Waals surface area contributed by atoms with Crippen LogP contribution in [0.25, 0.3) is 10.4 Å². The molecule has 5 heteroatoms. The molecule has 2 rings (SSSR count). The highest BCUT2D eigenvalue weighted by atomic mass is 16.2.